The molecule has 2 aromatic rings. The van der Waals surface area contributed by atoms with E-state index in [1.165, 1.54) is 6.07 Å². The lowest BCUT2D eigenvalue weighted by Crippen LogP contribution is -2.40. The molecule has 1 aliphatic heterocycles. The molecule has 1 fully saturated rings. The molecule has 1 aliphatic rings. The van der Waals surface area contributed by atoms with Gasteiger partial charge in [-0.1, -0.05) is 19.4 Å². The monoisotopic (exact) mass is 261 g/mol. The highest BCUT2D eigenvalue weighted by molar-refractivity contribution is 5.75. The molecule has 19 heavy (non-hydrogen) atoms. The van der Waals surface area contributed by atoms with Gasteiger partial charge in [0.05, 0.1) is 5.52 Å². The Bertz CT molecular complexity index is 564. The number of halogens is 1. The van der Waals surface area contributed by atoms with Crippen LogP contribution in [0.4, 0.5) is 4.39 Å². The molecule has 102 valence electrons. The molecular weight excluding hydrogens is 241 g/mol. The zero-order chi connectivity index (χ0) is 13.3. The summed E-state index contributed by atoms with van der Waals surface area (Å²) in [5, 5.41) is 3.40. The fourth-order valence-electron chi connectivity index (χ4n) is 3.24. The summed E-state index contributed by atoms with van der Waals surface area (Å²) in [5.74, 6) is 0.733. The van der Waals surface area contributed by atoms with E-state index in [9.17, 15) is 4.39 Å². The van der Waals surface area contributed by atoms with E-state index in [0.717, 1.165) is 50.1 Å². The fourth-order valence-corrected chi connectivity index (χ4v) is 3.24. The molecule has 0 atom stereocenters. The van der Waals surface area contributed by atoms with Crippen LogP contribution in [0.3, 0.4) is 0 Å². The topological polar surface area (TPSA) is 40.7 Å². The third kappa shape index (κ3) is 2.14. The van der Waals surface area contributed by atoms with Crippen molar-refractivity contribution in [3.63, 3.8) is 0 Å². The molecule has 0 saturated carbocycles. The molecule has 3 nitrogen and oxygen atoms in total. The Morgan fingerprint density at radius 2 is 2.11 bits per heavy atom. The van der Waals surface area contributed by atoms with Crippen LogP contribution in [0.15, 0.2) is 18.2 Å². The number of nitrogens with zero attached hydrogens (tertiary/aromatic N) is 1. The van der Waals surface area contributed by atoms with Gasteiger partial charge in [0.2, 0.25) is 0 Å². The molecule has 2 heterocycles. The number of nitrogens with one attached hydrogen (secondary N) is 2. The maximum Gasteiger partial charge on any atom is 0.151 e. The first kappa shape index (κ1) is 12.6. The summed E-state index contributed by atoms with van der Waals surface area (Å²) in [6.45, 7) is 4.23. The molecule has 0 radical (unpaired) electrons. The van der Waals surface area contributed by atoms with E-state index in [0.29, 0.717) is 5.52 Å². The summed E-state index contributed by atoms with van der Waals surface area (Å²) in [4.78, 5) is 7.92. The second kappa shape index (κ2) is 4.93. The van der Waals surface area contributed by atoms with Crippen LogP contribution in [0.1, 0.15) is 38.4 Å². The molecule has 0 bridgehead atoms. The average molecular weight is 261 g/mol. The summed E-state index contributed by atoms with van der Waals surface area (Å²) in [6.07, 6.45) is 4.38. The minimum absolute atomic E-state index is 0.0888. The number of hydrogen-bond donors (Lipinski definition) is 2. The highest BCUT2D eigenvalue weighted by Crippen LogP contribution is 2.37. The van der Waals surface area contributed by atoms with Gasteiger partial charge in [-0.2, -0.15) is 0 Å². The van der Waals surface area contributed by atoms with Gasteiger partial charge in [-0.05, 0) is 44.5 Å². The molecule has 3 rings (SSSR count). The Hall–Kier alpha value is -1.42. The van der Waals surface area contributed by atoms with Crippen molar-refractivity contribution >= 4 is 11.0 Å². The lowest BCUT2D eigenvalue weighted by atomic mass is 9.75. The van der Waals surface area contributed by atoms with E-state index < -0.39 is 0 Å². The summed E-state index contributed by atoms with van der Waals surface area (Å²) in [7, 11) is 0. The van der Waals surface area contributed by atoms with Gasteiger partial charge in [-0.25, -0.2) is 9.37 Å². The van der Waals surface area contributed by atoms with Gasteiger partial charge in [-0.15, -0.1) is 0 Å². The summed E-state index contributed by atoms with van der Waals surface area (Å²) >= 11 is 0. The average Bonchev–Trinajstić information content (AvgIpc) is 2.86. The number of rotatable bonds is 3. The Balaban J connectivity index is 2.07. The van der Waals surface area contributed by atoms with Crippen molar-refractivity contribution in [1.82, 2.24) is 15.3 Å². The first-order valence-electron chi connectivity index (χ1n) is 7.11. The lowest BCUT2D eigenvalue weighted by molar-refractivity contribution is 0.273. The standard InChI is InChI=1S/C15H20FN3/c1-2-6-15(7-9-17-10-8-15)14-18-12-5-3-4-11(16)13(12)19-14/h3-5,17H,2,6-10H2,1H3,(H,18,19). The predicted octanol–water partition coefficient (Wildman–Crippen LogP) is 3.12. The molecular formula is C15H20FN3. The quantitative estimate of drug-likeness (QED) is 0.891. The Morgan fingerprint density at radius 3 is 2.79 bits per heavy atom. The summed E-state index contributed by atoms with van der Waals surface area (Å²) < 4.78 is 13.8. The lowest BCUT2D eigenvalue weighted by Gasteiger charge is -2.35. The second-order valence-corrected chi connectivity index (χ2v) is 5.50. The number of benzene rings is 1. The molecule has 2 N–H and O–H groups in total. The van der Waals surface area contributed by atoms with Crippen molar-refractivity contribution in [1.29, 1.82) is 0 Å². The first-order valence-corrected chi connectivity index (χ1v) is 7.11. The fraction of sp³-hybridized carbons (Fsp3) is 0.533. The Labute approximate surface area is 112 Å². The number of imidazole rings is 1. The van der Waals surface area contributed by atoms with Crippen LogP contribution in [0.5, 0.6) is 0 Å². The van der Waals surface area contributed by atoms with Crippen LogP contribution in [0.2, 0.25) is 0 Å². The van der Waals surface area contributed by atoms with Crippen molar-refractivity contribution in [3.8, 4) is 0 Å². The predicted molar refractivity (Wildman–Crippen MR) is 74.7 cm³/mol. The van der Waals surface area contributed by atoms with Crippen LogP contribution in [-0.4, -0.2) is 23.1 Å². The van der Waals surface area contributed by atoms with Crippen molar-refractivity contribution in [3.05, 3.63) is 29.8 Å². The van der Waals surface area contributed by atoms with Gasteiger partial charge in [0.1, 0.15) is 11.3 Å². The number of para-hydroxylation sites is 1. The molecule has 0 aliphatic carbocycles. The van der Waals surface area contributed by atoms with Crippen LogP contribution in [0.25, 0.3) is 11.0 Å². The van der Waals surface area contributed by atoms with Crippen molar-refractivity contribution in [2.24, 2.45) is 0 Å². The van der Waals surface area contributed by atoms with Crippen LogP contribution < -0.4 is 5.32 Å². The van der Waals surface area contributed by atoms with Gasteiger partial charge in [0.15, 0.2) is 5.82 Å². The second-order valence-electron chi connectivity index (χ2n) is 5.50. The van der Waals surface area contributed by atoms with Crippen LogP contribution >= 0.6 is 0 Å². The van der Waals surface area contributed by atoms with E-state index in [1.807, 2.05) is 6.07 Å². The molecule has 4 heteroatoms. The van der Waals surface area contributed by atoms with E-state index in [2.05, 4.69) is 22.2 Å². The minimum Gasteiger partial charge on any atom is -0.341 e. The SMILES string of the molecule is CCCC1(c2nc3c(F)cccc3[nH]2)CCNCC1. The molecule has 1 aromatic carbocycles. The highest BCUT2D eigenvalue weighted by atomic mass is 19.1. The van der Waals surface area contributed by atoms with E-state index in [-0.39, 0.29) is 11.2 Å². The smallest absolute Gasteiger partial charge is 0.151 e. The van der Waals surface area contributed by atoms with Gasteiger partial charge in [-0.3, -0.25) is 0 Å². The molecule has 0 amide bonds. The van der Waals surface area contributed by atoms with Gasteiger partial charge in [0.25, 0.3) is 0 Å². The molecule has 0 unspecified atom stereocenters. The number of aromatic amines is 1. The van der Waals surface area contributed by atoms with Crippen LogP contribution in [-0.2, 0) is 5.41 Å². The number of fused-ring (bicyclic) bond motifs is 1. The first-order chi connectivity index (χ1) is 9.25. The van der Waals surface area contributed by atoms with Crippen molar-refractivity contribution in [2.45, 2.75) is 38.0 Å². The highest BCUT2D eigenvalue weighted by Gasteiger charge is 2.36. The van der Waals surface area contributed by atoms with Crippen LogP contribution in [0, 0.1) is 5.82 Å². The number of hydrogen-bond acceptors (Lipinski definition) is 2. The Kier molecular flexibility index (Phi) is 3.27. The number of piperidine rings is 1. The maximum atomic E-state index is 13.8. The van der Waals surface area contributed by atoms with E-state index >= 15 is 0 Å². The molecule has 1 aromatic heterocycles. The normalized spacial score (nSPS) is 18.8. The zero-order valence-corrected chi connectivity index (χ0v) is 11.3. The van der Waals surface area contributed by atoms with Gasteiger partial charge in [0, 0.05) is 5.41 Å². The largest absolute Gasteiger partial charge is 0.341 e. The minimum atomic E-state index is -0.236. The zero-order valence-electron chi connectivity index (χ0n) is 11.3. The molecule has 0 spiro atoms. The van der Waals surface area contributed by atoms with Gasteiger partial charge >= 0.3 is 0 Å². The van der Waals surface area contributed by atoms with E-state index in [1.54, 1.807) is 6.07 Å². The van der Waals surface area contributed by atoms with Crippen molar-refractivity contribution in [2.75, 3.05) is 13.1 Å². The Morgan fingerprint density at radius 1 is 1.32 bits per heavy atom. The third-order valence-corrected chi connectivity index (χ3v) is 4.26. The van der Waals surface area contributed by atoms with Gasteiger partial charge < -0.3 is 10.3 Å². The maximum absolute atomic E-state index is 13.8. The summed E-state index contributed by atoms with van der Waals surface area (Å²) in [6, 6.07) is 5.10. The number of aromatic nitrogens is 2. The molecule has 1 saturated heterocycles. The van der Waals surface area contributed by atoms with E-state index in [4.69, 9.17) is 0 Å². The summed E-state index contributed by atoms with van der Waals surface area (Å²) in [5.41, 5.74) is 1.38. The third-order valence-electron chi connectivity index (χ3n) is 4.26. The number of H-pyrrole nitrogens is 1. The van der Waals surface area contributed by atoms with Crippen molar-refractivity contribution < 1.29 is 4.39 Å².